The Bertz CT molecular complexity index is 98.3. The normalized spacial score (nSPS) is 21.9. The lowest BCUT2D eigenvalue weighted by Crippen LogP contribution is -3.13. The molecule has 1 aliphatic rings. The molecular formula is C8H20N2+2. The molecule has 60 valence electrons. The SMILES string of the molecule is CC(C)([NH3+])C[NH+]1CCCC1. The van der Waals surface area contributed by atoms with E-state index in [-0.39, 0.29) is 5.54 Å². The maximum absolute atomic E-state index is 4.11. The maximum atomic E-state index is 4.11. The minimum absolute atomic E-state index is 0.277. The van der Waals surface area contributed by atoms with Gasteiger partial charge in [0, 0.05) is 12.8 Å². The molecular weight excluding hydrogens is 124 g/mol. The molecule has 1 saturated heterocycles. The third kappa shape index (κ3) is 2.67. The molecule has 0 radical (unpaired) electrons. The fourth-order valence-corrected chi connectivity index (χ4v) is 1.73. The second-order valence-electron chi connectivity index (χ2n) is 4.30. The van der Waals surface area contributed by atoms with Crippen LogP contribution in [0.4, 0.5) is 0 Å². The van der Waals surface area contributed by atoms with E-state index in [1.807, 2.05) is 0 Å². The first-order valence-electron chi connectivity index (χ1n) is 4.27. The molecule has 1 heterocycles. The Morgan fingerprint density at radius 2 is 1.80 bits per heavy atom. The van der Waals surface area contributed by atoms with Crippen molar-refractivity contribution in [1.29, 1.82) is 0 Å². The van der Waals surface area contributed by atoms with Crippen LogP contribution in [-0.2, 0) is 0 Å². The van der Waals surface area contributed by atoms with Crippen LogP contribution in [-0.4, -0.2) is 25.2 Å². The van der Waals surface area contributed by atoms with Gasteiger partial charge in [-0.25, -0.2) is 0 Å². The highest BCUT2D eigenvalue weighted by Crippen LogP contribution is 1.92. The molecule has 0 atom stereocenters. The van der Waals surface area contributed by atoms with Gasteiger partial charge in [0.2, 0.25) is 0 Å². The van der Waals surface area contributed by atoms with Crippen molar-refractivity contribution in [2.24, 2.45) is 0 Å². The molecule has 1 aliphatic heterocycles. The van der Waals surface area contributed by atoms with Gasteiger partial charge in [-0.05, 0) is 13.8 Å². The van der Waals surface area contributed by atoms with Crippen LogP contribution in [0.2, 0.25) is 0 Å². The fourth-order valence-electron chi connectivity index (χ4n) is 1.73. The minimum Gasteiger partial charge on any atom is -0.349 e. The molecule has 1 fully saturated rings. The zero-order valence-electron chi connectivity index (χ0n) is 7.24. The van der Waals surface area contributed by atoms with Crippen molar-refractivity contribution in [3.63, 3.8) is 0 Å². The molecule has 0 bridgehead atoms. The van der Waals surface area contributed by atoms with E-state index in [0.29, 0.717) is 0 Å². The highest BCUT2D eigenvalue weighted by atomic mass is 15.2. The summed E-state index contributed by atoms with van der Waals surface area (Å²) in [6.07, 6.45) is 2.84. The number of hydrogen-bond acceptors (Lipinski definition) is 0. The van der Waals surface area contributed by atoms with Gasteiger partial charge in [-0.15, -0.1) is 0 Å². The third-order valence-corrected chi connectivity index (χ3v) is 2.04. The summed E-state index contributed by atoms with van der Waals surface area (Å²) in [5.41, 5.74) is 4.39. The Hall–Kier alpha value is -0.0800. The van der Waals surface area contributed by atoms with E-state index in [1.54, 1.807) is 4.90 Å². The number of rotatable bonds is 2. The van der Waals surface area contributed by atoms with Crippen molar-refractivity contribution in [3.8, 4) is 0 Å². The summed E-state index contributed by atoms with van der Waals surface area (Å²) in [5, 5.41) is 0. The smallest absolute Gasteiger partial charge is 0.138 e. The molecule has 2 nitrogen and oxygen atoms in total. The molecule has 10 heavy (non-hydrogen) atoms. The third-order valence-electron chi connectivity index (χ3n) is 2.04. The Labute approximate surface area is 63.4 Å². The number of likely N-dealkylation sites (tertiary alicyclic amines) is 1. The van der Waals surface area contributed by atoms with E-state index >= 15 is 0 Å². The molecule has 0 aromatic heterocycles. The van der Waals surface area contributed by atoms with E-state index in [4.69, 9.17) is 0 Å². The van der Waals surface area contributed by atoms with Gasteiger partial charge >= 0.3 is 0 Å². The average molecular weight is 144 g/mol. The standard InChI is InChI=1S/C8H18N2/c1-8(2,9)7-10-5-3-4-6-10/h3-7,9H2,1-2H3/p+2. The van der Waals surface area contributed by atoms with Crippen molar-refractivity contribution in [2.45, 2.75) is 32.2 Å². The Morgan fingerprint density at radius 3 is 2.20 bits per heavy atom. The van der Waals surface area contributed by atoms with Crippen LogP contribution in [0.1, 0.15) is 26.7 Å². The van der Waals surface area contributed by atoms with Crippen molar-refractivity contribution in [1.82, 2.24) is 0 Å². The van der Waals surface area contributed by atoms with Gasteiger partial charge < -0.3 is 10.6 Å². The summed E-state index contributed by atoms with van der Waals surface area (Å²) in [6, 6.07) is 0. The average Bonchev–Trinajstić information content (AvgIpc) is 2.12. The molecule has 0 amide bonds. The van der Waals surface area contributed by atoms with Crippen LogP contribution in [0.25, 0.3) is 0 Å². The van der Waals surface area contributed by atoms with Gasteiger partial charge in [0.25, 0.3) is 0 Å². The quantitative estimate of drug-likeness (QED) is 0.482. The molecule has 4 N–H and O–H groups in total. The van der Waals surface area contributed by atoms with E-state index in [2.05, 4.69) is 19.6 Å². The predicted molar refractivity (Wildman–Crippen MR) is 41.8 cm³/mol. The Kier molecular flexibility index (Phi) is 2.32. The number of quaternary nitrogens is 2. The highest BCUT2D eigenvalue weighted by Gasteiger charge is 2.25. The largest absolute Gasteiger partial charge is 0.349 e. The van der Waals surface area contributed by atoms with Crippen molar-refractivity contribution in [3.05, 3.63) is 0 Å². The lowest BCUT2D eigenvalue weighted by molar-refractivity contribution is -0.901. The number of hydrogen-bond donors (Lipinski definition) is 2. The summed E-state index contributed by atoms with van der Waals surface area (Å²) >= 11 is 0. The molecule has 0 unspecified atom stereocenters. The maximum Gasteiger partial charge on any atom is 0.138 e. The second-order valence-corrected chi connectivity index (χ2v) is 4.30. The van der Waals surface area contributed by atoms with Crippen LogP contribution in [0.5, 0.6) is 0 Å². The van der Waals surface area contributed by atoms with E-state index in [0.717, 1.165) is 0 Å². The minimum atomic E-state index is 0.277. The molecule has 0 aromatic carbocycles. The van der Waals surface area contributed by atoms with Crippen LogP contribution in [0.3, 0.4) is 0 Å². The van der Waals surface area contributed by atoms with Crippen LogP contribution in [0, 0.1) is 0 Å². The summed E-state index contributed by atoms with van der Waals surface area (Å²) < 4.78 is 0. The van der Waals surface area contributed by atoms with Gasteiger partial charge in [0.15, 0.2) is 0 Å². The van der Waals surface area contributed by atoms with Gasteiger partial charge in [0.1, 0.15) is 12.1 Å². The zero-order valence-corrected chi connectivity index (χ0v) is 7.24. The first-order chi connectivity index (χ1) is 4.58. The highest BCUT2D eigenvalue weighted by molar-refractivity contribution is 4.60. The first-order valence-corrected chi connectivity index (χ1v) is 4.27. The predicted octanol–water partition coefficient (Wildman–Crippen LogP) is -1.31. The van der Waals surface area contributed by atoms with Gasteiger partial charge in [0.05, 0.1) is 13.1 Å². The summed E-state index contributed by atoms with van der Waals surface area (Å²) in [4.78, 5) is 1.75. The van der Waals surface area contributed by atoms with Crippen LogP contribution < -0.4 is 10.6 Å². The fraction of sp³-hybridized carbons (Fsp3) is 1.00. The second kappa shape index (κ2) is 2.89. The van der Waals surface area contributed by atoms with E-state index in [1.165, 1.54) is 32.5 Å². The van der Waals surface area contributed by atoms with Crippen molar-refractivity contribution in [2.75, 3.05) is 19.6 Å². The summed E-state index contributed by atoms with van der Waals surface area (Å²) in [6.45, 7) is 8.43. The van der Waals surface area contributed by atoms with E-state index < -0.39 is 0 Å². The molecule has 1 rings (SSSR count). The topological polar surface area (TPSA) is 32.1 Å². The lowest BCUT2D eigenvalue weighted by Gasteiger charge is -2.19. The zero-order chi connectivity index (χ0) is 7.61. The Morgan fingerprint density at radius 1 is 1.30 bits per heavy atom. The molecule has 0 aliphatic carbocycles. The van der Waals surface area contributed by atoms with E-state index in [9.17, 15) is 0 Å². The molecule has 2 heteroatoms. The lowest BCUT2D eigenvalue weighted by atomic mass is 10.1. The van der Waals surface area contributed by atoms with Crippen LogP contribution >= 0.6 is 0 Å². The van der Waals surface area contributed by atoms with Crippen molar-refractivity contribution >= 4 is 0 Å². The van der Waals surface area contributed by atoms with Crippen molar-refractivity contribution < 1.29 is 10.6 Å². The number of nitrogens with one attached hydrogen (secondary N) is 1. The van der Waals surface area contributed by atoms with Gasteiger partial charge in [-0.3, -0.25) is 0 Å². The first kappa shape index (κ1) is 8.02. The van der Waals surface area contributed by atoms with Gasteiger partial charge in [-0.1, -0.05) is 0 Å². The van der Waals surface area contributed by atoms with Crippen LogP contribution in [0.15, 0.2) is 0 Å². The molecule has 0 spiro atoms. The Balaban J connectivity index is 2.24. The monoisotopic (exact) mass is 144 g/mol. The summed E-state index contributed by atoms with van der Waals surface area (Å²) in [5.74, 6) is 0. The summed E-state index contributed by atoms with van der Waals surface area (Å²) in [7, 11) is 0. The van der Waals surface area contributed by atoms with Gasteiger partial charge in [-0.2, -0.15) is 0 Å². The molecule has 0 aromatic rings. The molecule has 0 saturated carbocycles.